The van der Waals surface area contributed by atoms with E-state index in [4.69, 9.17) is 5.73 Å². The lowest BCUT2D eigenvalue weighted by molar-refractivity contribution is 0.466. The largest absolute Gasteiger partial charge is 0.351 e. The molecule has 0 aliphatic heterocycles. The van der Waals surface area contributed by atoms with Crippen LogP contribution < -0.4 is 10.6 Å². The Kier molecular flexibility index (Phi) is 4.54. The van der Waals surface area contributed by atoms with E-state index in [9.17, 15) is 0 Å². The second-order valence-corrected chi connectivity index (χ2v) is 5.23. The van der Waals surface area contributed by atoms with E-state index >= 15 is 0 Å². The van der Waals surface area contributed by atoms with Crippen LogP contribution in [0.4, 0.5) is 5.13 Å². The van der Waals surface area contributed by atoms with E-state index in [1.54, 1.807) is 11.3 Å². The van der Waals surface area contributed by atoms with Crippen molar-refractivity contribution in [1.29, 1.82) is 0 Å². The average Bonchev–Trinajstić information content (AvgIpc) is 2.60. The van der Waals surface area contributed by atoms with E-state index in [-0.39, 0.29) is 6.04 Å². The van der Waals surface area contributed by atoms with Gasteiger partial charge in [-0.15, -0.1) is 11.3 Å². The number of thiazole rings is 1. The van der Waals surface area contributed by atoms with Crippen LogP contribution >= 0.6 is 11.3 Å². The van der Waals surface area contributed by atoms with Gasteiger partial charge in [-0.05, 0) is 19.3 Å². The first-order valence-electron chi connectivity index (χ1n) is 5.39. The van der Waals surface area contributed by atoms with Crippen molar-refractivity contribution < 1.29 is 0 Å². The summed E-state index contributed by atoms with van der Waals surface area (Å²) < 4.78 is 0. The highest BCUT2D eigenvalue weighted by Gasteiger charge is 2.10. The van der Waals surface area contributed by atoms with E-state index in [1.165, 1.54) is 0 Å². The molecule has 0 bridgehead atoms. The van der Waals surface area contributed by atoms with Crippen LogP contribution in [-0.2, 0) is 0 Å². The Balaban J connectivity index is 2.39. The third-order valence-electron chi connectivity index (χ3n) is 2.59. The Hall–Kier alpha value is -0.610. The van der Waals surface area contributed by atoms with Crippen molar-refractivity contribution in [3.05, 3.63) is 11.1 Å². The number of hydrogen-bond donors (Lipinski definition) is 1. The third kappa shape index (κ3) is 3.80. The molecule has 0 aliphatic carbocycles. The lowest BCUT2D eigenvalue weighted by atomic mass is 10.0. The van der Waals surface area contributed by atoms with Crippen LogP contribution in [0.5, 0.6) is 0 Å². The van der Waals surface area contributed by atoms with Crippen molar-refractivity contribution in [2.75, 3.05) is 18.5 Å². The molecule has 1 aromatic rings. The summed E-state index contributed by atoms with van der Waals surface area (Å²) in [6.07, 6.45) is 1.02. The smallest absolute Gasteiger partial charge is 0.185 e. The number of nitrogens with two attached hydrogens (primary N) is 1. The van der Waals surface area contributed by atoms with Gasteiger partial charge >= 0.3 is 0 Å². The molecule has 4 heteroatoms. The van der Waals surface area contributed by atoms with Gasteiger partial charge < -0.3 is 10.6 Å². The summed E-state index contributed by atoms with van der Waals surface area (Å²) in [4.78, 5) is 6.62. The molecule has 1 unspecified atom stereocenters. The van der Waals surface area contributed by atoms with Crippen molar-refractivity contribution in [2.24, 2.45) is 11.7 Å². The fourth-order valence-corrected chi connectivity index (χ4v) is 2.09. The minimum Gasteiger partial charge on any atom is -0.351 e. The maximum atomic E-state index is 6.00. The van der Waals surface area contributed by atoms with Gasteiger partial charge in [-0.2, -0.15) is 0 Å². The quantitative estimate of drug-likeness (QED) is 0.839. The summed E-state index contributed by atoms with van der Waals surface area (Å²) in [6, 6.07) is 0.286. The first-order chi connectivity index (χ1) is 7.00. The van der Waals surface area contributed by atoms with Gasteiger partial charge in [0, 0.05) is 25.0 Å². The van der Waals surface area contributed by atoms with Gasteiger partial charge in [-0.3, -0.25) is 0 Å². The molecular weight excluding hydrogens is 206 g/mol. The van der Waals surface area contributed by atoms with Gasteiger partial charge in [0.2, 0.25) is 0 Å². The molecule has 1 rings (SSSR count). The first kappa shape index (κ1) is 12.5. The van der Waals surface area contributed by atoms with Gasteiger partial charge in [-0.25, -0.2) is 4.98 Å². The number of aromatic nitrogens is 1. The molecule has 15 heavy (non-hydrogen) atoms. The second-order valence-electron chi connectivity index (χ2n) is 4.39. The summed E-state index contributed by atoms with van der Waals surface area (Å²) in [5.74, 6) is 0.552. The van der Waals surface area contributed by atoms with Crippen molar-refractivity contribution in [3.8, 4) is 0 Å². The summed E-state index contributed by atoms with van der Waals surface area (Å²) >= 11 is 1.69. The van der Waals surface area contributed by atoms with Crippen molar-refractivity contribution >= 4 is 16.5 Å². The highest BCUT2D eigenvalue weighted by molar-refractivity contribution is 7.13. The molecule has 0 spiro atoms. The predicted octanol–water partition coefficient (Wildman–Crippen LogP) is 2.26. The highest BCUT2D eigenvalue weighted by Crippen LogP contribution is 2.19. The summed E-state index contributed by atoms with van der Waals surface area (Å²) in [6.45, 7) is 7.33. The zero-order valence-corrected chi connectivity index (χ0v) is 10.8. The highest BCUT2D eigenvalue weighted by atomic mass is 32.1. The molecule has 1 aromatic heterocycles. The van der Waals surface area contributed by atoms with Gasteiger partial charge in [0.1, 0.15) is 0 Å². The van der Waals surface area contributed by atoms with Crippen LogP contribution in [0, 0.1) is 12.8 Å². The van der Waals surface area contributed by atoms with Gasteiger partial charge in [0.05, 0.1) is 5.69 Å². The van der Waals surface area contributed by atoms with E-state index in [0.717, 1.165) is 23.8 Å². The molecule has 0 radical (unpaired) electrons. The van der Waals surface area contributed by atoms with E-state index in [1.807, 2.05) is 6.92 Å². The van der Waals surface area contributed by atoms with Crippen LogP contribution in [0.1, 0.15) is 26.0 Å². The summed E-state index contributed by atoms with van der Waals surface area (Å²) in [5, 5.41) is 3.16. The van der Waals surface area contributed by atoms with E-state index in [0.29, 0.717) is 5.92 Å². The van der Waals surface area contributed by atoms with Gasteiger partial charge in [-0.1, -0.05) is 13.8 Å². The SMILES string of the molecule is Cc1csc(N(C)CCC(N)C(C)C)n1. The number of anilines is 1. The molecule has 0 saturated heterocycles. The normalized spacial score (nSPS) is 13.2. The zero-order chi connectivity index (χ0) is 11.4. The molecule has 1 heterocycles. The lowest BCUT2D eigenvalue weighted by Gasteiger charge is -2.20. The van der Waals surface area contributed by atoms with Gasteiger partial charge in [0.15, 0.2) is 5.13 Å². The molecule has 0 aromatic carbocycles. The van der Waals surface area contributed by atoms with Crippen LogP contribution in [0.25, 0.3) is 0 Å². The third-order valence-corrected chi connectivity index (χ3v) is 3.66. The minimum atomic E-state index is 0.286. The Morgan fingerprint density at radius 2 is 2.20 bits per heavy atom. The topological polar surface area (TPSA) is 42.1 Å². The molecule has 0 fully saturated rings. The lowest BCUT2D eigenvalue weighted by Crippen LogP contribution is -2.31. The van der Waals surface area contributed by atoms with Crippen LogP contribution in [0.2, 0.25) is 0 Å². The fourth-order valence-electron chi connectivity index (χ4n) is 1.29. The Labute approximate surface area is 96.3 Å². The second kappa shape index (κ2) is 5.47. The molecule has 0 saturated carbocycles. The van der Waals surface area contributed by atoms with Crippen LogP contribution in [0.3, 0.4) is 0 Å². The van der Waals surface area contributed by atoms with Crippen molar-refractivity contribution in [1.82, 2.24) is 4.98 Å². The Morgan fingerprint density at radius 1 is 1.53 bits per heavy atom. The standard InChI is InChI=1S/C11H21N3S/c1-8(2)10(12)5-6-14(4)11-13-9(3)7-15-11/h7-8,10H,5-6,12H2,1-4H3. The first-order valence-corrected chi connectivity index (χ1v) is 6.27. The van der Waals surface area contributed by atoms with E-state index < -0.39 is 0 Å². The average molecular weight is 227 g/mol. The Morgan fingerprint density at radius 3 is 2.67 bits per heavy atom. The molecule has 86 valence electrons. The molecule has 0 aliphatic rings. The van der Waals surface area contributed by atoms with E-state index in [2.05, 4.69) is 36.2 Å². The number of aryl methyl sites for hydroxylation is 1. The molecule has 0 amide bonds. The van der Waals surface area contributed by atoms with Crippen LogP contribution in [-0.4, -0.2) is 24.6 Å². The molecule has 1 atom stereocenters. The monoisotopic (exact) mass is 227 g/mol. The molecular formula is C11H21N3S. The van der Waals surface area contributed by atoms with Crippen molar-refractivity contribution in [3.63, 3.8) is 0 Å². The number of rotatable bonds is 5. The summed E-state index contributed by atoms with van der Waals surface area (Å²) in [7, 11) is 2.07. The van der Waals surface area contributed by atoms with Gasteiger partial charge in [0.25, 0.3) is 0 Å². The Bertz CT molecular complexity index is 296. The molecule has 2 N–H and O–H groups in total. The maximum absolute atomic E-state index is 6.00. The zero-order valence-electron chi connectivity index (χ0n) is 10.0. The fraction of sp³-hybridized carbons (Fsp3) is 0.727. The number of hydrogen-bond acceptors (Lipinski definition) is 4. The molecule has 3 nitrogen and oxygen atoms in total. The summed E-state index contributed by atoms with van der Waals surface area (Å²) in [5.41, 5.74) is 7.10. The maximum Gasteiger partial charge on any atom is 0.185 e. The van der Waals surface area contributed by atoms with Crippen LogP contribution in [0.15, 0.2) is 5.38 Å². The minimum absolute atomic E-state index is 0.286. The number of nitrogens with zero attached hydrogens (tertiary/aromatic N) is 2. The predicted molar refractivity (Wildman–Crippen MR) is 67.6 cm³/mol. The van der Waals surface area contributed by atoms with Crippen molar-refractivity contribution in [2.45, 2.75) is 33.2 Å².